The Morgan fingerprint density at radius 2 is 2.04 bits per heavy atom. The molecule has 0 atom stereocenters. The first-order valence-electron chi connectivity index (χ1n) is 9.49. The van der Waals surface area contributed by atoms with Crippen LogP contribution in [-0.4, -0.2) is 48.3 Å². The van der Waals surface area contributed by atoms with Crippen LogP contribution in [0, 0.1) is 0 Å². The van der Waals surface area contributed by atoms with Gasteiger partial charge in [-0.3, -0.25) is 4.79 Å². The van der Waals surface area contributed by atoms with E-state index in [-0.39, 0.29) is 5.91 Å². The molecule has 138 valence electrons. The number of hydrogen-bond acceptors (Lipinski definition) is 2. The van der Waals surface area contributed by atoms with Crippen LogP contribution in [0.2, 0.25) is 0 Å². The summed E-state index contributed by atoms with van der Waals surface area (Å²) in [6, 6.07) is 8.33. The molecule has 0 radical (unpaired) electrons. The van der Waals surface area contributed by atoms with Crippen molar-refractivity contribution >= 4 is 11.9 Å². The van der Waals surface area contributed by atoms with E-state index in [2.05, 4.69) is 43.2 Å². The highest BCUT2D eigenvalue weighted by molar-refractivity contribution is 5.79. The van der Waals surface area contributed by atoms with Crippen molar-refractivity contribution in [1.29, 1.82) is 0 Å². The number of hydrogen-bond donors (Lipinski definition) is 1. The predicted molar refractivity (Wildman–Crippen MR) is 103 cm³/mol. The molecule has 5 nitrogen and oxygen atoms in total. The molecule has 5 heteroatoms. The number of benzene rings is 1. The molecule has 1 N–H and O–H groups in total. The summed E-state index contributed by atoms with van der Waals surface area (Å²) in [4.78, 5) is 20.9. The van der Waals surface area contributed by atoms with Crippen LogP contribution < -0.4 is 5.32 Å². The number of likely N-dealkylation sites (tertiary alicyclic amines) is 1. The number of nitrogens with zero attached hydrogens (tertiary/aromatic N) is 3. The van der Waals surface area contributed by atoms with Gasteiger partial charge in [0.2, 0.25) is 5.91 Å². The van der Waals surface area contributed by atoms with Crippen LogP contribution in [-0.2, 0) is 17.9 Å². The van der Waals surface area contributed by atoms with Crippen molar-refractivity contribution < 1.29 is 4.79 Å². The lowest BCUT2D eigenvalue weighted by atomic mass is 10.1. The van der Waals surface area contributed by atoms with Gasteiger partial charge < -0.3 is 15.1 Å². The summed E-state index contributed by atoms with van der Waals surface area (Å²) in [5, 5.41) is 3.37. The number of amides is 1. The molecule has 1 aromatic rings. The molecule has 0 aromatic heterocycles. The molecule has 0 bridgehead atoms. The third-order valence-electron chi connectivity index (χ3n) is 4.59. The number of carbonyl (C=O) groups is 1. The molecule has 0 spiro atoms. The maximum Gasteiger partial charge on any atom is 0.222 e. The molecule has 0 saturated carbocycles. The number of nitrogens with one attached hydrogen (secondary N) is 1. The van der Waals surface area contributed by atoms with E-state index in [1.807, 2.05) is 17.0 Å². The van der Waals surface area contributed by atoms with Crippen molar-refractivity contribution in [3.63, 3.8) is 0 Å². The monoisotopic (exact) mass is 344 g/mol. The van der Waals surface area contributed by atoms with Crippen LogP contribution in [0.3, 0.4) is 0 Å². The van der Waals surface area contributed by atoms with Gasteiger partial charge in [0.05, 0.1) is 6.54 Å². The lowest BCUT2D eigenvalue weighted by molar-refractivity contribution is -0.128. The van der Waals surface area contributed by atoms with Gasteiger partial charge >= 0.3 is 0 Å². The van der Waals surface area contributed by atoms with E-state index in [4.69, 9.17) is 4.99 Å². The molecule has 0 unspecified atom stereocenters. The van der Waals surface area contributed by atoms with E-state index in [9.17, 15) is 4.79 Å². The zero-order valence-corrected chi connectivity index (χ0v) is 15.9. The highest BCUT2D eigenvalue weighted by atomic mass is 16.2. The maximum atomic E-state index is 11.9. The number of carbonyl (C=O) groups excluding carboxylic acids is 1. The Labute approximate surface area is 152 Å². The van der Waals surface area contributed by atoms with Gasteiger partial charge in [0.1, 0.15) is 0 Å². The highest BCUT2D eigenvalue weighted by Crippen LogP contribution is 2.18. The first-order chi connectivity index (χ1) is 12.2. The zero-order valence-electron chi connectivity index (χ0n) is 15.9. The number of guanidine groups is 1. The molecule has 25 heavy (non-hydrogen) atoms. The standard InChI is InChI=1S/C20H32N4O/c1-4-6-13-23(3)20(21-5-2)22-15-17-10-7-8-11-18(17)16-24-14-9-12-19(24)25/h7-8,10-11H,4-6,9,12-16H2,1-3H3,(H,21,22). The van der Waals surface area contributed by atoms with Crippen molar-refractivity contribution in [2.24, 2.45) is 4.99 Å². The molecule has 1 amide bonds. The van der Waals surface area contributed by atoms with Gasteiger partial charge in [-0.1, -0.05) is 37.6 Å². The predicted octanol–water partition coefficient (Wildman–Crippen LogP) is 3.01. The summed E-state index contributed by atoms with van der Waals surface area (Å²) in [6.07, 6.45) is 4.00. The summed E-state index contributed by atoms with van der Waals surface area (Å²) < 4.78 is 0. The van der Waals surface area contributed by atoms with E-state index in [1.54, 1.807) is 0 Å². The fourth-order valence-corrected chi connectivity index (χ4v) is 3.07. The number of unbranched alkanes of at least 4 members (excludes halogenated alkanes) is 1. The molecule has 1 saturated heterocycles. The third-order valence-corrected chi connectivity index (χ3v) is 4.59. The van der Waals surface area contributed by atoms with Crippen molar-refractivity contribution in [2.75, 3.05) is 26.7 Å². The van der Waals surface area contributed by atoms with Gasteiger partial charge in [-0.2, -0.15) is 0 Å². The van der Waals surface area contributed by atoms with E-state index in [1.165, 1.54) is 17.5 Å². The highest BCUT2D eigenvalue weighted by Gasteiger charge is 2.20. The minimum atomic E-state index is 0.269. The second kappa shape index (κ2) is 10.1. The average molecular weight is 345 g/mol. The van der Waals surface area contributed by atoms with Gasteiger partial charge in [-0.15, -0.1) is 0 Å². The van der Waals surface area contributed by atoms with Gasteiger partial charge in [0, 0.05) is 39.6 Å². The van der Waals surface area contributed by atoms with Crippen molar-refractivity contribution in [2.45, 2.75) is 52.6 Å². The summed E-state index contributed by atoms with van der Waals surface area (Å²) >= 11 is 0. The van der Waals surface area contributed by atoms with E-state index in [0.29, 0.717) is 19.5 Å². The smallest absolute Gasteiger partial charge is 0.222 e. The Balaban J connectivity index is 2.08. The summed E-state index contributed by atoms with van der Waals surface area (Å²) in [5.41, 5.74) is 2.40. The first-order valence-corrected chi connectivity index (χ1v) is 9.49. The van der Waals surface area contributed by atoms with Crippen LogP contribution in [0.25, 0.3) is 0 Å². The second-order valence-electron chi connectivity index (χ2n) is 6.63. The van der Waals surface area contributed by atoms with E-state index in [0.717, 1.165) is 38.4 Å². The largest absolute Gasteiger partial charge is 0.357 e. The van der Waals surface area contributed by atoms with Crippen LogP contribution >= 0.6 is 0 Å². The minimum Gasteiger partial charge on any atom is -0.357 e. The van der Waals surface area contributed by atoms with Crippen molar-refractivity contribution in [3.05, 3.63) is 35.4 Å². The molecule has 1 aliphatic heterocycles. The summed E-state index contributed by atoms with van der Waals surface area (Å²) in [6.45, 7) is 8.37. The van der Waals surface area contributed by atoms with Gasteiger partial charge in [0.25, 0.3) is 0 Å². The summed E-state index contributed by atoms with van der Waals surface area (Å²) in [5.74, 6) is 1.22. The molecule has 1 aromatic carbocycles. The molecule has 1 fully saturated rings. The number of aliphatic imine (C=N–C) groups is 1. The Kier molecular flexibility index (Phi) is 7.76. The topological polar surface area (TPSA) is 47.9 Å². The SMILES string of the molecule is CCCCN(C)C(=NCc1ccccc1CN1CCCC1=O)NCC. The lowest BCUT2D eigenvalue weighted by Crippen LogP contribution is -2.39. The van der Waals surface area contributed by atoms with Crippen LogP contribution in [0.4, 0.5) is 0 Å². The average Bonchev–Trinajstić information content (AvgIpc) is 3.02. The fourth-order valence-electron chi connectivity index (χ4n) is 3.07. The van der Waals surface area contributed by atoms with Crippen molar-refractivity contribution in [1.82, 2.24) is 15.1 Å². The van der Waals surface area contributed by atoms with Crippen LogP contribution in [0.5, 0.6) is 0 Å². The lowest BCUT2D eigenvalue weighted by Gasteiger charge is -2.22. The normalized spacial score (nSPS) is 14.9. The Bertz CT molecular complexity index is 585. The fraction of sp³-hybridized carbons (Fsp3) is 0.600. The summed E-state index contributed by atoms with van der Waals surface area (Å²) in [7, 11) is 2.09. The van der Waals surface area contributed by atoms with Gasteiger partial charge in [0.15, 0.2) is 5.96 Å². The molecular weight excluding hydrogens is 312 g/mol. The Morgan fingerprint density at radius 1 is 1.28 bits per heavy atom. The van der Waals surface area contributed by atoms with Gasteiger partial charge in [-0.05, 0) is 30.9 Å². The van der Waals surface area contributed by atoms with E-state index >= 15 is 0 Å². The molecule has 1 aliphatic rings. The van der Waals surface area contributed by atoms with Crippen LogP contribution in [0.1, 0.15) is 50.7 Å². The molecular formula is C20H32N4O. The van der Waals surface area contributed by atoms with Crippen LogP contribution in [0.15, 0.2) is 29.3 Å². The molecule has 2 rings (SSSR count). The molecule has 1 heterocycles. The van der Waals surface area contributed by atoms with Crippen molar-refractivity contribution in [3.8, 4) is 0 Å². The second-order valence-corrected chi connectivity index (χ2v) is 6.63. The number of rotatable bonds is 8. The molecule has 0 aliphatic carbocycles. The minimum absolute atomic E-state index is 0.269. The maximum absolute atomic E-state index is 11.9. The Hall–Kier alpha value is -2.04. The van der Waals surface area contributed by atoms with E-state index < -0.39 is 0 Å². The quantitative estimate of drug-likeness (QED) is 0.582. The first kappa shape index (κ1) is 19.3. The zero-order chi connectivity index (χ0) is 18.1. The van der Waals surface area contributed by atoms with Gasteiger partial charge in [-0.25, -0.2) is 4.99 Å². The third kappa shape index (κ3) is 5.76. The Morgan fingerprint density at radius 3 is 2.68 bits per heavy atom.